The predicted molar refractivity (Wildman–Crippen MR) is 118 cm³/mol. The number of anilines is 1. The second kappa shape index (κ2) is 8.19. The van der Waals surface area contributed by atoms with E-state index in [0.29, 0.717) is 5.56 Å². The van der Waals surface area contributed by atoms with Gasteiger partial charge in [-0.2, -0.15) is 8.42 Å². The Morgan fingerprint density at radius 2 is 1.59 bits per heavy atom. The topological polar surface area (TPSA) is 60.6 Å². The van der Waals surface area contributed by atoms with Crippen molar-refractivity contribution in [3.05, 3.63) is 89.5 Å². The fourth-order valence-electron chi connectivity index (χ4n) is 3.24. The molecule has 6 heteroatoms. The highest BCUT2D eigenvalue weighted by Crippen LogP contribution is 2.34. The molecule has 0 aliphatic heterocycles. The number of benzene rings is 2. The first-order valence-electron chi connectivity index (χ1n) is 9.18. The minimum Gasteiger partial charge on any atom is -0.378 e. The Morgan fingerprint density at radius 3 is 2.17 bits per heavy atom. The molecule has 0 saturated carbocycles. The molecule has 2 aromatic carbocycles. The summed E-state index contributed by atoms with van der Waals surface area (Å²) in [6.07, 6.45) is 7.91. The Bertz CT molecular complexity index is 1150. The lowest BCUT2D eigenvalue weighted by Gasteiger charge is -2.18. The smallest absolute Gasteiger partial charge is 0.295 e. The summed E-state index contributed by atoms with van der Waals surface area (Å²) in [5.41, 5.74) is 4.97. The number of allylic oxidation sites excluding steroid dienone is 5. The zero-order valence-electron chi connectivity index (χ0n) is 17.0. The van der Waals surface area contributed by atoms with Crippen LogP contribution < -0.4 is 4.90 Å². The molecular weight excluding hydrogens is 384 g/mol. The van der Waals surface area contributed by atoms with Crippen molar-refractivity contribution in [2.75, 3.05) is 33.1 Å². The molecule has 0 radical (unpaired) electrons. The molecule has 1 aliphatic carbocycles. The van der Waals surface area contributed by atoms with Gasteiger partial charge in [-0.15, -0.1) is 0 Å². The van der Waals surface area contributed by atoms with Crippen LogP contribution in [0.25, 0.3) is 5.57 Å². The molecule has 150 valence electrons. The highest BCUT2D eigenvalue weighted by Gasteiger charge is 2.21. The molecule has 0 saturated heterocycles. The second-order valence-corrected chi connectivity index (χ2v) is 8.62. The maximum atomic E-state index is 12.1. The quantitative estimate of drug-likeness (QED) is 0.619. The predicted octanol–water partition coefficient (Wildman–Crippen LogP) is 3.64. The molecule has 0 unspecified atom stereocenters. The van der Waals surface area contributed by atoms with E-state index in [1.165, 1.54) is 6.07 Å². The van der Waals surface area contributed by atoms with Crippen LogP contribution in [0.4, 0.5) is 5.69 Å². The van der Waals surface area contributed by atoms with E-state index >= 15 is 0 Å². The van der Waals surface area contributed by atoms with Gasteiger partial charge in [0, 0.05) is 37.5 Å². The van der Waals surface area contributed by atoms with Gasteiger partial charge in [0.1, 0.15) is 19.0 Å². The summed E-state index contributed by atoms with van der Waals surface area (Å²) in [5.74, 6) is 0. The lowest BCUT2D eigenvalue weighted by atomic mass is 9.90. The lowest BCUT2D eigenvalue weighted by Crippen LogP contribution is -2.11. The standard InChI is InChI=1S/C23H24N2O3S/c1-24(2)19-14-12-17(13-15-19)23(18-8-7-9-20(16-18)25(3)4)21-10-5-6-11-22(21)29(26,27)28/h5-16H,1-4H3/p+1. The highest BCUT2D eigenvalue weighted by atomic mass is 32.2. The number of nitrogens with zero attached hydrogens (tertiary/aromatic N) is 2. The van der Waals surface area contributed by atoms with E-state index in [1.54, 1.807) is 18.2 Å². The van der Waals surface area contributed by atoms with Crippen LogP contribution in [0.2, 0.25) is 0 Å². The van der Waals surface area contributed by atoms with E-state index in [-0.39, 0.29) is 4.90 Å². The molecule has 0 amide bonds. The number of hydrogen-bond donors (Lipinski definition) is 1. The van der Waals surface area contributed by atoms with Gasteiger partial charge in [-0.3, -0.25) is 4.55 Å². The van der Waals surface area contributed by atoms with Crippen LogP contribution in [0.5, 0.6) is 0 Å². The Balaban J connectivity index is 2.33. The monoisotopic (exact) mass is 409 g/mol. The third-order valence-electron chi connectivity index (χ3n) is 4.76. The van der Waals surface area contributed by atoms with Gasteiger partial charge in [-0.05, 0) is 47.1 Å². The summed E-state index contributed by atoms with van der Waals surface area (Å²) in [5, 5.41) is 0. The zero-order valence-corrected chi connectivity index (χ0v) is 17.8. The maximum absolute atomic E-state index is 12.1. The molecule has 5 nitrogen and oxygen atoms in total. The van der Waals surface area contributed by atoms with Crippen molar-refractivity contribution in [1.29, 1.82) is 0 Å². The van der Waals surface area contributed by atoms with Crippen LogP contribution in [-0.4, -0.2) is 51.4 Å². The highest BCUT2D eigenvalue weighted by molar-refractivity contribution is 7.86. The first kappa shape index (κ1) is 20.8. The Hall–Kier alpha value is -2.96. The van der Waals surface area contributed by atoms with E-state index in [1.807, 2.05) is 86.2 Å². The molecule has 0 aromatic heterocycles. The van der Waals surface area contributed by atoms with E-state index in [4.69, 9.17) is 0 Å². The van der Waals surface area contributed by atoms with Gasteiger partial charge in [0.2, 0.25) is 0 Å². The van der Waals surface area contributed by atoms with Crippen LogP contribution >= 0.6 is 0 Å². The first-order chi connectivity index (χ1) is 13.7. The summed E-state index contributed by atoms with van der Waals surface area (Å²) >= 11 is 0. The summed E-state index contributed by atoms with van der Waals surface area (Å²) in [6.45, 7) is 0. The molecule has 0 spiro atoms. The van der Waals surface area contributed by atoms with Gasteiger partial charge in [0.25, 0.3) is 10.1 Å². The second-order valence-electron chi connectivity index (χ2n) is 7.23. The van der Waals surface area contributed by atoms with Crippen LogP contribution in [0.1, 0.15) is 11.1 Å². The Labute approximate surface area is 172 Å². The van der Waals surface area contributed by atoms with Crippen molar-refractivity contribution in [2.45, 2.75) is 4.90 Å². The van der Waals surface area contributed by atoms with Gasteiger partial charge < -0.3 is 4.90 Å². The summed E-state index contributed by atoms with van der Waals surface area (Å²) in [4.78, 5) is 1.88. The molecule has 1 N–H and O–H groups in total. The fourth-order valence-corrected chi connectivity index (χ4v) is 3.94. The van der Waals surface area contributed by atoms with Crippen LogP contribution in [0.15, 0.2) is 83.3 Å². The van der Waals surface area contributed by atoms with Gasteiger partial charge in [-0.25, -0.2) is 4.58 Å². The van der Waals surface area contributed by atoms with E-state index in [9.17, 15) is 13.0 Å². The molecule has 0 fully saturated rings. The SMILES string of the molecule is CN(C)c1cccc(C(=C2C=CC(=[N+](C)C)C=C2)c2ccccc2S(=O)(=O)O)c1. The third kappa shape index (κ3) is 4.55. The summed E-state index contributed by atoms with van der Waals surface area (Å²) < 4.78 is 36.0. The molecule has 0 heterocycles. The molecule has 0 bridgehead atoms. The lowest BCUT2D eigenvalue weighted by molar-refractivity contribution is -0.462. The normalized spacial score (nSPS) is 13.6. The number of hydrogen-bond acceptors (Lipinski definition) is 3. The summed E-state index contributed by atoms with van der Waals surface area (Å²) in [6, 6.07) is 14.4. The van der Waals surface area contributed by atoms with Crippen molar-refractivity contribution in [3.63, 3.8) is 0 Å². The molecule has 3 rings (SSSR count). The Kier molecular flexibility index (Phi) is 5.86. The average Bonchev–Trinajstić information content (AvgIpc) is 2.68. The van der Waals surface area contributed by atoms with E-state index in [0.717, 1.165) is 28.1 Å². The minimum absolute atomic E-state index is 0.109. The largest absolute Gasteiger partial charge is 0.378 e. The van der Waals surface area contributed by atoms with Crippen molar-refractivity contribution < 1.29 is 17.5 Å². The van der Waals surface area contributed by atoms with Gasteiger partial charge in [-0.1, -0.05) is 30.3 Å². The third-order valence-corrected chi connectivity index (χ3v) is 5.67. The van der Waals surface area contributed by atoms with Gasteiger partial charge in [0.05, 0.1) is 0 Å². The van der Waals surface area contributed by atoms with E-state index in [2.05, 4.69) is 0 Å². The first-order valence-corrected chi connectivity index (χ1v) is 10.6. The van der Waals surface area contributed by atoms with E-state index < -0.39 is 10.1 Å². The molecule has 2 aromatic rings. The average molecular weight is 410 g/mol. The van der Waals surface area contributed by atoms with Gasteiger partial charge in [0.15, 0.2) is 5.71 Å². The van der Waals surface area contributed by atoms with Crippen LogP contribution in [0.3, 0.4) is 0 Å². The number of rotatable bonds is 4. The molecule has 1 aliphatic rings. The zero-order chi connectivity index (χ0) is 21.2. The van der Waals surface area contributed by atoms with Crippen LogP contribution in [-0.2, 0) is 10.1 Å². The maximum Gasteiger partial charge on any atom is 0.295 e. The van der Waals surface area contributed by atoms with Crippen LogP contribution in [0, 0.1) is 0 Å². The molecule has 0 atom stereocenters. The fraction of sp³-hybridized carbons (Fsp3) is 0.174. The Morgan fingerprint density at radius 1 is 0.931 bits per heavy atom. The van der Waals surface area contributed by atoms with Crippen molar-refractivity contribution in [3.8, 4) is 0 Å². The van der Waals surface area contributed by atoms with Crippen molar-refractivity contribution in [1.82, 2.24) is 0 Å². The summed E-state index contributed by atoms with van der Waals surface area (Å²) in [7, 11) is 3.46. The minimum atomic E-state index is -4.38. The molecule has 29 heavy (non-hydrogen) atoms. The molecular formula is C23H25N2O3S+. The van der Waals surface area contributed by atoms with Crippen molar-refractivity contribution >= 4 is 27.1 Å². The van der Waals surface area contributed by atoms with Crippen molar-refractivity contribution in [2.24, 2.45) is 0 Å². The van der Waals surface area contributed by atoms with Gasteiger partial charge >= 0.3 is 0 Å².